The van der Waals surface area contributed by atoms with Crippen LogP contribution in [-0.4, -0.2) is 29.9 Å². The average molecular weight is 214 g/mol. The van der Waals surface area contributed by atoms with Crippen molar-refractivity contribution in [3.8, 4) is 0 Å². The van der Waals surface area contributed by atoms with Crippen molar-refractivity contribution in [2.45, 2.75) is 6.92 Å². The van der Waals surface area contributed by atoms with Gasteiger partial charge in [0.25, 0.3) is 5.91 Å². The van der Waals surface area contributed by atoms with Gasteiger partial charge in [-0.15, -0.1) is 0 Å². The molecular weight excluding hydrogens is 200 g/mol. The third-order valence-electron chi connectivity index (χ3n) is 2.63. The van der Waals surface area contributed by atoms with E-state index in [0.29, 0.717) is 5.56 Å². The second kappa shape index (κ2) is 3.93. The molecule has 0 radical (unpaired) electrons. The summed E-state index contributed by atoms with van der Waals surface area (Å²) in [4.78, 5) is 17.8. The Labute approximate surface area is 94.7 Å². The molecule has 0 aliphatic carbocycles. The minimum atomic E-state index is -0.0105. The quantitative estimate of drug-likeness (QED) is 0.729. The van der Waals surface area contributed by atoms with Crippen LogP contribution in [-0.2, 0) is 0 Å². The summed E-state index contributed by atoms with van der Waals surface area (Å²) >= 11 is 0. The number of aryl methyl sites for hydroxylation is 1. The lowest BCUT2D eigenvalue weighted by Crippen LogP contribution is -2.22. The first-order valence-electron chi connectivity index (χ1n) is 5.17. The van der Waals surface area contributed by atoms with Gasteiger partial charge in [-0.25, -0.2) is 0 Å². The third kappa shape index (κ3) is 1.65. The number of rotatable bonds is 1. The summed E-state index contributed by atoms with van der Waals surface area (Å²) in [6.45, 7) is 1.95. The van der Waals surface area contributed by atoms with Crippen molar-refractivity contribution < 1.29 is 4.79 Å². The van der Waals surface area contributed by atoms with Crippen LogP contribution in [0.25, 0.3) is 10.8 Å². The number of benzene rings is 1. The number of carbonyl (C=O) groups excluding carboxylic acids is 1. The highest BCUT2D eigenvalue weighted by Crippen LogP contribution is 2.21. The first-order chi connectivity index (χ1) is 7.61. The van der Waals surface area contributed by atoms with Gasteiger partial charge < -0.3 is 4.90 Å². The van der Waals surface area contributed by atoms with E-state index in [0.717, 1.165) is 16.5 Å². The van der Waals surface area contributed by atoms with Crippen molar-refractivity contribution in [2.75, 3.05) is 14.1 Å². The van der Waals surface area contributed by atoms with Crippen LogP contribution in [0.1, 0.15) is 16.1 Å². The van der Waals surface area contributed by atoms with Crippen LogP contribution in [0.15, 0.2) is 30.5 Å². The highest BCUT2D eigenvalue weighted by atomic mass is 16.2. The molecule has 16 heavy (non-hydrogen) atoms. The molecule has 0 aliphatic heterocycles. The zero-order chi connectivity index (χ0) is 11.7. The molecule has 0 saturated heterocycles. The molecule has 0 aliphatic rings. The first-order valence-corrected chi connectivity index (χ1v) is 5.17. The molecule has 0 saturated carbocycles. The number of hydrogen-bond acceptors (Lipinski definition) is 2. The number of aromatic nitrogens is 1. The second-order valence-electron chi connectivity index (χ2n) is 4.00. The summed E-state index contributed by atoms with van der Waals surface area (Å²) < 4.78 is 0. The van der Waals surface area contributed by atoms with Gasteiger partial charge in [-0.3, -0.25) is 9.78 Å². The summed E-state index contributed by atoms with van der Waals surface area (Å²) in [5, 5.41) is 2.00. The smallest absolute Gasteiger partial charge is 0.255 e. The number of hydrogen-bond donors (Lipinski definition) is 0. The Bertz CT molecular complexity index is 547. The molecule has 0 atom stereocenters. The Morgan fingerprint density at radius 2 is 1.81 bits per heavy atom. The summed E-state index contributed by atoms with van der Waals surface area (Å²) in [6, 6.07) is 7.85. The zero-order valence-corrected chi connectivity index (χ0v) is 9.69. The SMILES string of the molecule is Cc1ncc(C(=O)N(C)C)c2ccccc12. The zero-order valence-electron chi connectivity index (χ0n) is 9.69. The lowest BCUT2D eigenvalue weighted by molar-refractivity contribution is 0.0829. The van der Waals surface area contributed by atoms with E-state index in [2.05, 4.69) is 4.98 Å². The van der Waals surface area contributed by atoms with Gasteiger partial charge in [0, 0.05) is 31.4 Å². The summed E-state index contributed by atoms with van der Waals surface area (Å²) in [5.41, 5.74) is 1.61. The maximum atomic E-state index is 12.0. The van der Waals surface area contributed by atoms with Gasteiger partial charge in [0.15, 0.2) is 0 Å². The van der Waals surface area contributed by atoms with E-state index in [1.807, 2.05) is 31.2 Å². The summed E-state index contributed by atoms with van der Waals surface area (Å²) in [5.74, 6) is -0.0105. The fourth-order valence-corrected chi connectivity index (χ4v) is 1.75. The molecule has 0 fully saturated rings. The highest BCUT2D eigenvalue weighted by molar-refractivity contribution is 6.06. The number of amides is 1. The van der Waals surface area contributed by atoms with Gasteiger partial charge in [0.05, 0.1) is 5.56 Å². The Morgan fingerprint density at radius 3 is 2.44 bits per heavy atom. The van der Waals surface area contributed by atoms with Gasteiger partial charge >= 0.3 is 0 Å². The molecule has 82 valence electrons. The Morgan fingerprint density at radius 1 is 1.19 bits per heavy atom. The maximum Gasteiger partial charge on any atom is 0.255 e. The molecule has 0 spiro atoms. The van der Waals surface area contributed by atoms with E-state index in [1.54, 1.807) is 25.2 Å². The lowest BCUT2D eigenvalue weighted by Gasteiger charge is -2.12. The number of pyridine rings is 1. The van der Waals surface area contributed by atoms with E-state index in [1.165, 1.54) is 0 Å². The van der Waals surface area contributed by atoms with Crippen LogP contribution < -0.4 is 0 Å². The van der Waals surface area contributed by atoms with Crippen LogP contribution in [0.3, 0.4) is 0 Å². The fraction of sp³-hybridized carbons (Fsp3) is 0.231. The van der Waals surface area contributed by atoms with E-state index in [-0.39, 0.29) is 5.91 Å². The molecule has 1 amide bonds. The average Bonchev–Trinajstić information content (AvgIpc) is 2.29. The minimum Gasteiger partial charge on any atom is -0.345 e. The normalized spacial score (nSPS) is 10.4. The molecule has 2 aromatic rings. The van der Waals surface area contributed by atoms with Crippen LogP contribution in [0.2, 0.25) is 0 Å². The molecule has 0 N–H and O–H groups in total. The number of carbonyl (C=O) groups is 1. The molecular formula is C13H14N2O. The Kier molecular flexibility index (Phi) is 2.60. The Balaban J connectivity index is 2.72. The number of fused-ring (bicyclic) bond motifs is 1. The largest absolute Gasteiger partial charge is 0.345 e. The van der Waals surface area contributed by atoms with Crippen LogP contribution in [0.4, 0.5) is 0 Å². The van der Waals surface area contributed by atoms with Gasteiger partial charge in [0.2, 0.25) is 0 Å². The van der Waals surface area contributed by atoms with Crippen LogP contribution >= 0.6 is 0 Å². The summed E-state index contributed by atoms with van der Waals surface area (Å²) in [6.07, 6.45) is 1.65. The van der Waals surface area contributed by atoms with Gasteiger partial charge in [-0.05, 0) is 12.3 Å². The van der Waals surface area contributed by atoms with Crippen molar-refractivity contribution in [1.29, 1.82) is 0 Å². The predicted octanol–water partition coefficient (Wildman–Crippen LogP) is 2.25. The molecule has 3 heteroatoms. The van der Waals surface area contributed by atoms with Crippen molar-refractivity contribution in [3.05, 3.63) is 41.7 Å². The standard InChI is InChI=1S/C13H14N2O/c1-9-10-6-4-5-7-11(10)12(8-14-9)13(16)15(2)3/h4-8H,1-3H3. The molecule has 0 bridgehead atoms. The minimum absolute atomic E-state index is 0.0105. The Hall–Kier alpha value is -1.90. The van der Waals surface area contributed by atoms with Crippen LogP contribution in [0, 0.1) is 6.92 Å². The maximum absolute atomic E-state index is 12.0. The fourth-order valence-electron chi connectivity index (χ4n) is 1.75. The van der Waals surface area contributed by atoms with Gasteiger partial charge in [-0.2, -0.15) is 0 Å². The second-order valence-corrected chi connectivity index (χ2v) is 4.00. The summed E-state index contributed by atoms with van der Waals surface area (Å²) in [7, 11) is 3.49. The third-order valence-corrected chi connectivity index (χ3v) is 2.63. The first kappa shape index (κ1) is 10.6. The molecule has 2 rings (SSSR count). The molecule has 1 aromatic carbocycles. The molecule has 3 nitrogen and oxygen atoms in total. The van der Waals surface area contributed by atoms with Crippen molar-refractivity contribution in [3.63, 3.8) is 0 Å². The van der Waals surface area contributed by atoms with Crippen molar-refractivity contribution in [2.24, 2.45) is 0 Å². The topological polar surface area (TPSA) is 33.2 Å². The molecule has 1 aromatic heterocycles. The monoisotopic (exact) mass is 214 g/mol. The van der Waals surface area contributed by atoms with Crippen molar-refractivity contribution >= 4 is 16.7 Å². The predicted molar refractivity (Wildman–Crippen MR) is 64.5 cm³/mol. The van der Waals surface area contributed by atoms with E-state index in [4.69, 9.17) is 0 Å². The van der Waals surface area contributed by atoms with Gasteiger partial charge in [-0.1, -0.05) is 24.3 Å². The van der Waals surface area contributed by atoms with E-state index >= 15 is 0 Å². The molecule has 0 unspecified atom stereocenters. The van der Waals surface area contributed by atoms with Gasteiger partial charge in [0.1, 0.15) is 0 Å². The van der Waals surface area contributed by atoms with E-state index in [9.17, 15) is 4.79 Å². The number of nitrogens with zero attached hydrogens (tertiary/aromatic N) is 2. The van der Waals surface area contributed by atoms with E-state index < -0.39 is 0 Å². The highest BCUT2D eigenvalue weighted by Gasteiger charge is 2.13. The van der Waals surface area contributed by atoms with Crippen molar-refractivity contribution in [1.82, 2.24) is 9.88 Å². The van der Waals surface area contributed by atoms with Crippen LogP contribution in [0.5, 0.6) is 0 Å². The lowest BCUT2D eigenvalue weighted by atomic mass is 10.0. The molecule has 1 heterocycles.